The second kappa shape index (κ2) is 8.54. The van der Waals surface area contributed by atoms with Gasteiger partial charge < -0.3 is 4.90 Å². The molecule has 1 aromatic carbocycles. The maximum absolute atomic E-state index is 12.8. The van der Waals surface area contributed by atoms with Crippen LogP contribution in [0.15, 0.2) is 53.7 Å². The Bertz CT molecular complexity index is 1430. The maximum Gasteiger partial charge on any atom is 0.277 e. The number of aryl methyl sites for hydroxylation is 1. The molecule has 1 amide bonds. The number of nitrogens with one attached hydrogen (secondary N) is 2. The Morgan fingerprint density at radius 3 is 2.76 bits per heavy atom. The number of benzene rings is 1. The molecule has 170 valence electrons. The standard InChI is InChI=1S/C21H21N7O3S2/c1-27-9-2-10-28-15(13-27)12-18(25-28)20(29)24-21-23-17-4-3-14(11-19(17)32-21)26-33(30,31)16-5-7-22-8-6-16/h3-8,11-12,26H,2,9-10,13H2,1H3,(H,23,24,29). The second-order valence-electron chi connectivity index (χ2n) is 7.78. The van der Waals surface area contributed by atoms with Crippen molar-refractivity contribution in [3.63, 3.8) is 0 Å². The molecule has 1 aliphatic rings. The summed E-state index contributed by atoms with van der Waals surface area (Å²) in [6.07, 6.45) is 3.83. The van der Waals surface area contributed by atoms with Crippen molar-refractivity contribution in [2.24, 2.45) is 0 Å². The lowest BCUT2D eigenvalue weighted by Gasteiger charge is -2.10. The van der Waals surface area contributed by atoms with Crippen molar-refractivity contribution < 1.29 is 13.2 Å². The number of hydrogen-bond donors (Lipinski definition) is 2. The van der Waals surface area contributed by atoms with Gasteiger partial charge >= 0.3 is 0 Å². The molecule has 0 unspecified atom stereocenters. The van der Waals surface area contributed by atoms with Gasteiger partial charge in [-0.3, -0.25) is 24.5 Å². The van der Waals surface area contributed by atoms with Gasteiger partial charge in [-0.25, -0.2) is 13.4 Å². The lowest BCUT2D eigenvalue weighted by molar-refractivity contribution is 0.102. The number of sulfonamides is 1. The molecule has 0 saturated heterocycles. The normalized spacial score (nSPS) is 14.6. The summed E-state index contributed by atoms with van der Waals surface area (Å²) >= 11 is 1.26. The summed E-state index contributed by atoms with van der Waals surface area (Å²) in [6.45, 7) is 2.53. The van der Waals surface area contributed by atoms with Gasteiger partial charge in [0.25, 0.3) is 15.9 Å². The summed E-state index contributed by atoms with van der Waals surface area (Å²) in [4.78, 5) is 23.4. The van der Waals surface area contributed by atoms with Crippen LogP contribution in [0.5, 0.6) is 0 Å². The molecular formula is C21H21N7O3S2. The number of thiazole rings is 1. The van der Waals surface area contributed by atoms with Crippen molar-refractivity contribution >= 4 is 48.3 Å². The zero-order valence-corrected chi connectivity index (χ0v) is 19.4. The molecule has 4 heterocycles. The van der Waals surface area contributed by atoms with Crippen molar-refractivity contribution in [1.29, 1.82) is 0 Å². The number of carbonyl (C=O) groups is 1. The Hall–Kier alpha value is -3.35. The van der Waals surface area contributed by atoms with E-state index in [2.05, 4.69) is 37.1 Å². The molecule has 4 aromatic rings. The number of pyridine rings is 1. The Morgan fingerprint density at radius 2 is 1.94 bits per heavy atom. The summed E-state index contributed by atoms with van der Waals surface area (Å²) in [5.74, 6) is -0.323. The van der Waals surface area contributed by atoms with Crippen LogP contribution in [0.1, 0.15) is 22.6 Å². The third-order valence-electron chi connectivity index (χ3n) is 5.26. The quantitative estimate of drug-likeness (QED) is 0.448. The van der Waals surface area contributed by atoms with E-state index in [0.29, 0.717) is 22.0 Å². The van der Waals surface area contributed by atoms with Crippen LogP contribution in [0.25, 0.3) is 10.2 Å². The zero-order valence-electron chi connectivity index (χ0n) is 17.7. The molecule has 12 heteroatoms. The van der Waals surface area contributed by atoms with Crippen LogP contribution in [0.2, 0.25) is 0 Å². The van der Waals surface area contributed by atoms with E-state index >= 15 is 0 Å². The van der Waals surface area contributed by atoms with Gasteiger partial charge in [-0.2, -0.15) is 5.10 Å². The number of hydrogen-bond acceptors (Lipinski definition) is 8. The molecule has 0 saturated carbocycles. The maximum atomic E-state index is 12.8. The molecule has 3 aromatic heterocycles. The van der Waals surface area contributed by atoms with Crippen LogP contribution in [-0.4, -0.2) is 52.6 Å². The van der Waals surface area contributed by atoms with E-state index in [1.54, 1.807) is 18.2 Å². The predicted octanol–water partition coefficient (Wildman–Crippen LogP) is 2.78. The molecule has 0 aliphatic carbocycles. The number of carbonyl (C=O) groups excluding carboxylic acids is 1. The monoisotopic (exact) mass is 483 g/mol. The summed E-state index contributed by atoms with van der Waals surface area (Å²) in [5, 5.41) is 7.68. The Balaban J connectivity index is 1.33. The number of fused-ring (bicyclic) bond motifs is 2. The molecule has 0 radical (unpaired) electrons. The molecule has 0 fully saturated rings. The van der Waals surface area contributed by atoms with Crippen LogP contribution in [0.4, 0.5) is 10.8 Å². The van der Waals surface area contributed by atoms with Crippen molar-refractivity contribution in [3.05, 3.63) is 60.2 Å². The number of amides is 1. The first-order chi connectivity index (χ1) is 15.9. The fourth-order valence-electron chi connectivity index (χ4n) is 3.67. The average molecular weight is 484 g/mol. The first-order valence-electron chi connectivity index (χ1n) is 10.3. The minimum atomic E-state index is -3.73. The predicted molar refractivity (Wildman–Crippen MR) is 126 cm³/mol. The van der Waals surface area contributed by atoms with Crippen molar-refractivity contribution in [1.82, 2.24) is 24.6 Å². The number of anilines is 2. The van der Waals surface area contributed by atoms with Crippen LogP contribution in [0.3, 0.4) is 0 Å². The van der Waals surface area contributed by atoms with Gasteiger partial charge in [-0.05, 0) is 49.9 Å². The summed E-state index contributed by atoms with van der Waals surface area (Å²) < 4.78 is 30.3. The average Bonchev–Trinajstić information content (AvgIpc) is 3.32. The summed E-state index contributed by atoms with van der Waals surface area (Å²) in [6, 6.07) is 9.70. The van der Waals surface area contributed by atoms with Crippen molar-refractivity contribution in [2.45, 2.75) is 24.4 Å². The molecule has 0 atom stereocenters. The SMILES string of the molecule is CN1CCCn2nc(C(=O)Nc3nc4ccc(NS(=O)(=O)c5ccncc5)cc4s3)cc2C1. The molecule has 10 nitrogen and oxygen atoms in total. The minimum absolute atomic E-state index is 0.125. The van der Waals surface area contributed by atoms with E-state index in [-0.39, 0.29) is 10.8 Å². The second-order valence-corrected chi connectivity index (χ2v) is 10.5. The van der Waals surface area contributed by atoms with Gasteiger partial charge in [0, 0.05) is 32.0 Å². The van der Waals surface area contributed by atoms with Crippen LogP contribution >= 0.6 is 11.3 Å². The van der Waals surface area contributed by atoms with Gasteiger partial charge in [0.05, 0.1) is 26.5 Å². The molecule has 0 spiro atoms. The van der Waals surface area contributed by atoms with E-state index in [4.69, 9.17) is 0 Å². The van der Waals surface area contributed by atoms with E-state index in [1.165, 1.54) is 35.9 Å². The molecule has 0 bridgehead atoms. The van der Waals surface area contributed by atoms with Gasteiger partial charge in [0.2, 0.25) is 0 Å². The van der Waals surface area contributed by atoms with Crippen LogP contribution in [-0.2, 0) is 23.1 Å². The van der Waals surface area contributed by atoms with Crippen molar-refractivity contribution in [2.75, 3.05) is 23.6 Å². The Kier molecular flexibility index (Phi) is 5.56. The van der Waals surface area contributed by atoms with Crippen LogP contribution in [0, 0.1) is 0 Å². The van der Waals surface area contributed by atoms with E-state index in [0.717, 1.165) is 36.4 Å². The highest BCUT2D eigenvalue weighted by molar-refractivity contribution is 7.92. The lowest BCUT2D eigenvalue weighted by Crippen LogP contribution is -2.17. The molecule has 5 rings (SSSR count). The molecule has 1 aliphatic heterocycles. The Morgan fingerprint density at radius 1 is 1.12 bits per heavy atom. The van der Waals surface area contributed by atoms with Gasteiger partial charge in [0.1, 0.15) is 0 Å². The number of rotatable bonds is 5. The largest absolute Gasteiger partial charge is 0.300 e. The fourth-order valence-corrected chi connectivity index (χ4v) is 5.60. The smallest absolute Gasteiger partial charge is 0.277 e. The van der Waals surface area contributed by atoms with Gasteiger partial charge in [-0.15, -0.1) is 0 Å². The first kappa shape index (κ1) is 21.5. The highest BCUT2D eigenvalue weighted by Crippen LogP contribution is 2.29. The fraction of sp³-hybridized carbons (Fsp3) is 0.238. The number of aromatic nitrogens is 4. The summed E-state index contributed by atoms with van der Waals surface area (Å²) in [5.41, 5.74) is 2.42. The van der Waals surface area contributed by atoms with E-state index < -0.39 is 10.0 Å². The van der Waals surface area contributed by atoms with Gasteiger partial charge in [-0.1, -0.05) is 11.3 Å². The first-order valence-corrected chi connectivity index (χ1v) is 12.6. The lowest BCUT2D eigenvalue weighted by atomic mass is 10.3. The summed E-state index contributed by atoms with van der Waals surface area (Å²) in [7, 11) is -1.68. The molecule has 2 N–H and O–H groups in total. The van der Waals surface area contributed by atoms with Crippen molar-refractivity contribution in [3.8, 4) is 0 Å². The Labute approximate surface area is 194 Å². The highest BCUT2D eigenvalue weighted by Gasteiger charge is 2.19. The third kappa shape index (κ3) is 4.58. The topological polar surface area (TPSA) is 122 Å². The minimum Gasteiger partial charge on any atom is -0.300 e. The van der Waals surface area contributed by atoms with E-state index in [9.17, 15) is 13.2 Å². The number of nitrogens with zero attached hydrogens (tertiary/aromatic N) is 5. The zero-order chi connectivity index (χ0) is 23.0. The molecule has 33 heavy (non-hydrogen) atoms. The van der Waals surface area contributed by atoms with Gasteiger partial charge in [0.15, 0.2) is 10.8 Å². The highest BCUT2D eigenvalue weighted by atomic mass is 32.2. The molecular weight excluding hydrogens is 462 g/mol. The third-order valence-corrected chi connectivity index (χ3v) is 7.59. The van der Waals surface area contributed by atoms with E-state index in [1.807, 2.05) is 10.7 Å². The van der Waals surface area contributed by atoms with Crippen LogP contribution < -0.4 is 10.0 Å².